The molecule has 0 spiro atoms. The van der Waals surface area contributed by atoms with Gasteiger partial charge >= 0.3 is 0 Å². The molecule has 0 saturated heterocycles. The highest BCUT2D eigenvalue weighted by atomic mass is 35.5. The molecule has 3 aromatic rings. The zero-order chi connectivity index (χ0) is 21.7. The number of thiazole rings is 1. The maximum atomic E-state index is 13.4. The van der Waals surface area contributed by atoms with Crippen LogP contribution in [0.5, 0.6) is 5.75 Å². The molecule has 0 bridgehead atoms. The maximum Gasteiger partial charge on any atom is 0.260 e. The fourth-order valence-corrected chi connectivity index (χ4v) is 4.43. The van der Waals surface area contributed by atoms with Crippen molar-refractivity contribution in [2.24, 2.45) is 0 Å². The number of aromatic nitrogens is 1. The van der Waals surface area contributed by atoms with Crippen LogP contribution in [-0.4, -0.2) is 48.6 Å². The van der Waals surface area contributed by atoms with Gasteiger partial charge in [0.05, 0.1) is 16.8 Å². The summed E-state index contributed by atoms with van der Waals surface area (Å²) >= 11 is 1.58. The van der Waals surface area contributed by atoms with Crippen molar-refractivity contribution in [1.29, 1.82) is 0 Å². The van der Waals surface area contributed by atoms with Gasteiger partial charge in [0.25, 0.3) is 5.91 Å². The van der Waals surface area contributed by atoms with Crippen molar-refractivity contribution in [1.82, 2.24) is 9.88 Å². The molecule has 0 atom stereocenters. The van der Waals surface area contributed by atoms with Crippen molar-refractivity contribution in [3.63, 3.8) is 0 Å². The second-order valence-electron chi connectivity index (χ2n) is 7.34. The van der Waals surface area contributed by atoms with Crippen LogP contribution < -0.4 is 9.64 Å². The first kappa shape index (κ1) is 25.1. The molecule has 3 rings (SSSR count). The Balaban J connectivity index is 0.00000341. The first-order valence-electron chi connectivity index (χ1n) is 10.6. The molecule has 0 saturated carbocycles. The molecule has 31 heavy (non-hydrogen) atoms. The Hall–Kier alpha value is -2.15. The second kappa shape index (κ2) is 11.5. The van der Waals surface area contributed by atoms with E-state index < -0.39 is 0 Å². The average Bonchev–Trinajstić information content (AvgIpc) is 3.14. The summed E-state index contributed by atoms with van der Waals surface area (Å²) in [5, 5.41) is 0.751. The van der Waals surface area contributed by atoms with Gasteiger partial charge in [-0.25, -0.2) is 4.98 Å². The maximum absolute atomic E-state index is 13.4. The lowest BCUT2D eigenvalue weighted by molar-refractivity contribution is 0.0983. The van der Waals surface area contributed by atoms with Gasteiger partial charge in [-0.3, -0.25) is 9.69 Å². The number of hydrogen-bond acceptors (Lipinski definition) is 5. The number of aryl methyl sites for hydroxylation is 2. The minimum atomic E-state index is -0.0299. The van der Waals surface area contributed by atoms with Gasteiger partial charge in [-0.15, -0.1) is 12.4 Å². The number of halogens is 1. The van der Waals surface area contributed by atoms with E-state index in [1.807, 2.05) is 36.1 Å². The van der Waals surface area contributed by atoms with Gasteiger partial charge in [-0.2, -0.15) is 0 Å². The van der Waals surface area contributed by atoms with Crippen LogP contribution in [0.2, 0.25) is 0 Å². The molecule has 0 aliphatic carbocycles. The lowest BCUT2D eigenvalue weighted by Gasteiger charge is -2.24. The molecule has 0 aliphatic heterocycles. The fourth-order valence-electron chi connectivity index (χ4n) is 3.36. The van der Waals surface area contributed by atoms with E-state index in [4.69, 9.17) is 9.72 Å². The quantitative estimate of drug-likeness (QED) is 0.408. The number of anilines is 1. The van der Waals surface area contributed by atoms with Crippen molar-refractivity contribution >= 4 is 45.0 Å². The summed E-state index contributed by atoms with van der Waals surface area (Å²) in [7, 11) is 0. The summed E-state index contributed by atoms with van der Waals surface area (Å²) < 4.78 is 6.63. The number of rotatable bonds is 9. The minimum absolute atomic E-state index is 0. The Kier molecular flexibility index (Phi) is 9.29. The summed E-state index contributed by atoms with van der Waals surface area (Å²) in [4.78, 5) is 22.4. The number of nitrogens with zero attached hydrogens (tertiary/aromatic N) is 3. The standard InChI is InChI=1S/C24H31N3O2S.ClH/c1-6-26(7-2)13-14-27(23(28)19-9-11-20(12-10-19)29-8-3)24-25-21-15-17(4)18(5)16-22(21)30-24;/h9-12,15-16H,6-8,13-14H2,1-5H3;1H. The van der Waals surface area contributed by atoms with Crippen molar-refractivity contribution in [2.75, 3.05) is 37.7 Å². The van der Waals surface area contributed by atoms with Crippen molar-refractivity contribution in [3.05, 3.63) is 53.1 Å². The molecule has 1 amide bonds. The zero-order valence-electron chi connectivity index (χ0n) is 19.0. The number of likely N-dealkylation sites (N-methyl/N-ethyl adjacent to an activating group) is 1. The number of hydrogen-bond donors (Lipinski definition) is 0. The molecule has 7 heteroatoms. The predicted molar refractivity (Wildman–Crippen MR) is 133 cm³/mol. The minimum Gasteiger partial charge on any atom is -0.494 e. The summed E-state index contributed by atoms with van der Waals surface area (Å²) in [5.74, 6) is 0.743. The normalized spacial score (nSPS) is 10.9. The van der Waals surface area contributed by atoms with Crippen LogP contribution in [0.4, 0.5) is 5.13 Å². The average molecular weight is 462 g/mol. The van der Waals surface area contributed by atoms with Crippen LogP contribution >= 0.6 is 23.7 Å². The molecular formula is C24H32ClN3O2S. The highest BCUT2D eigenvalue weighted by Crippen LogP contribution is 2.31. The summed E-state index contributed by atoms with van der Waals surface area (Å²) in [6, 6.07) is 11.6. The molecule has 0 N–H and O–H groups in total. The van der Waals surface area contributed by atoms with E-state index in [0.717, 1.165) is 40.7 Å². The SMILES string of the molecule is CCOc1ccc(C(=O)N(CCN(CC)CC)c2nc3cc(C)c(C)cc3s2)cc1.Cl. The molecule has 2 aromatic carbocycles. The van der Waals surface area contributed by atoms with Crippen LogP contribution in [-0.2, 0) is 0 Å². The van der Waals surface area contributed by atoms with E-state index in [0.29, 0.717) is 18.7 Å². The smallest absolute Gasteiger partial charge is 0.260 e. The molecule has 5 nitrogen and oxygen atoms in total. The van der Waals surface area contributed by atoms with E-state index in [2.05, 4.69) is 44.7 Å². The predicted octanol–water partition coefficient (Wildman–Crippen LogP) is 5.72. The summed E-state index contributed by atoms with van der Waals surface area (Å²) in [6.45, 7) is 14.4. The first-order valence-corrected chi connectivity index (χ1v) is 11.4. The van der Waals surface area contributed by atoms with Crippen molar-refractivity contribution in [3.8, 4) is 5.75 Å². The van der Waals surface area contributed by atoms with Crippen LogP contribution in [0.1, 0.15) is 42.3 Å². The van der Waals surface area contributed by atoms with Gasteiger partial charge in [0.15, 0.2) is 5.13 Å². The van der Waals surface area contributed by atoms with Crippen molar-refractivity contribution in [2.45, 2.75) is 34.6 Å². The van der Waals surface area contributed by atoms with E-state index in [1.165, 1.54) is 11.1 Å². The van der Waals surface area contributed by atoms with Gasteiger partial charge in [-0.05, 0) is 81.4 Å². The molecule has 0 unspecified atom stereocenters. The molecule has 168 valence electrons. The van der Waals surface area contributed by atoms with Crippen LogP contribution in [0.25, 0.3) is 10.2 Å². The lowest BCUT2D eigenvalue weighted by Crippen LogP contribution is -2.38. The number of amides is 1. The Morgan fingerprint density at radius 1 is 1.00 bits per heavy atom. The number of ether oxygens (including phenoxy) is 1. The summed E-state index contributed by atoms with van der Waals surface area (Å²) in [5.41, 5.74) is 4.05. The summed E-state index contributed by atoms with van der Waals surface area (Å²) in [6.07, 6.45) is 0. The van der Waals surface area contributed by atoms with Gasteiger partial charge in [0, 0.05) is 18.7 Å². The second-order valence-corrected chi connectivity index (χ2v) is 8.35. The van der Waals surface area contributed by atoms with E-state index in [1.54, 1.807) is 11.3 Å². The van der Waals surface area contributed by atoms with Crippen LogP contribution in [0.15, 0.2) is 36.4 Å². The fraction of sp³-hybridized carbons (Fsp3) is 0.417. The van der Waals surface area contributed by atoms with E-state index in [-0.39, 0.29) is 18.3 Å². The number of benzene rings is 2. The molecule has 1 aromatic heterocycles. The largest absolute Gasteiger partial charge is 0.494 e. The molecule has 0 fully saturated rings. The number of carbonyl (C=O) groups excluding carboxylic acids is 1. The highest BCUT2D eigenvalue weighted by Gasteiger charge is 2.22. The first-order chi connectivity index (χ1) is 14.5. The number of fused-ring (bicyclic) bond motifs is 1. The van der Waals surface area contributed by atoms with Crippen molar-refractivity contribution < 1.29 is 9.53 Å². The zero-order valence-corrected chi connectivity index (χ0v) is 20.6. The lowest BCUT2D eigenvalue weighted by atomic mass is 10.1. The molecule has 1 heterocycles. The third-order valence-corrected chi connectivity index (χ3v) is 6.46. The van der Waals surface area contributed by atoms with E-state index in [9.17, 15) is 4.79 Å². The molecule has 0 radical (unpaired) electrons. The monoisotopic (exact) mass is 461 g/mol. The topological polar surface area (TPSA) is 45.7 Å². The molecular weight excluding hydrogens is 430 g/mol. The Morgan fingerprint density at radius 3 is 2.26 bits per heavy atom. The van der Waals surface area contributed by atoms with Gasteiger partial charge in [-0.1, -0.05) is 25.2 Å². The third-order valence-electron chi connectivity index (χ3n) is 5.42. The van der Waals surface area contributed by atoms with Gasteiger partial charge in [0.1, 0.15) is 5.75 Å². The Labute approximate surface area is 195 Å². The Morgan fingerprint density at radius 2 is 1.65 bits per heavy atom. The Bertz CT molecular complexity index is 961. The van der Waals surface area contributed by atoms with E-state index >= 15 is 0 Å². The molecule has 0 aliphatic rings. The van der Waals surface area contributed by atoms with Gasteiger partial charge < -0.3 is 9.64 Å². The number of carbonyl (C=O) groups is 1. The van der Waals surface area contributed by atoms with Gasteiger partial charge in [0.2, 0.25) is 0 Å². The van der Waals surface area contributed by atoms with Crippen LogP contribution in [0.3, 0.4) is 0 Å². The highest BCUT2D eigenvalue weighted by molar-refractivity contribution is 7.22. The van der Waals surface area contributed by atoms with Crippen LogP contribution in [0, 0.1) is 13.8 Å². The third kappa shape index (κ3) is 5.97.